The first kappa shape index (κ1) is 15.0. The maximum absolute atomic E-state index is 11.9. The summed E-state index contributed by atoms with van der Waals surface area (Å²) in [6.45, 7) is 7.00. The Morgan fingerprint density at radius 2 is 2.05 bits per heavy atom. The second-order valence-corrected chi connectivity index (χ2v) is 5.27. The van der Waals surface area contributed by atoms with Crippen molar-refractivity contribution in [3.63, 3.8) is 0 Å². The van der Waals surface area contributed by atoms with Gasteiger partial charge in [-0.2, -0.15) is 5.10 Å². The van der Waals surface area contributed by atoms with Crippen molar-refractivity contribution < 1.29 is 19.4 Å². The molecule has 0 saturated carbocycles. The quantitative estimate of drug-likeness (QED) is 0.875. The molecule has 1 heterocycles. The van der Waals surface area contributed by atoms with Crippen LogP contribution >= 0.6 is 0 Å². The molecule has 0 radical (unpaired) electrons. The number of H-pyrrole nitrogens is 1. The van der Waals surface area contributed by atoms with E-state index >= 15 is 0 Å². The van der Waals surface area contributed by atoms with Crippen LogP contribution in [0.2, 0.25) is 0 Å². The molecule has 2 N–H and O–H groups in total. The molecule has 19 heavy (non-hydrogen) atoms. The standard InChI is InChI=1S/C12H19N3O4/c1-7(9-8(10(16)17)6-13-14-9)15(5)11(18)19-12(2,3)4/h6-7H,1-5H3,(H,13,14)(H,16,17). The average molecular weight is 269 g/mol. The molecule has 0 aliphatic carbocycles. The average Bonchev–Trinajstić information content (AvgIpc) is 2.73. The Hall–Kier alpha value is -2.05. The number of aromatic amines is 1. The van der Waals surface area contributed by atoms with Gasteiger partial charge in [-0.1, -0.05) is 0 Å². The van der Waals surface area contributed by atoms with Crippen LogP contribution in [-0.2, 0) is 4.74 Å². The Bertz CT molecular complexity index is 476. The van der Waals surface area contributed by atoms with E-state index < -0.39 is 23.7 Å². The van der Waals surface area contributed by atoms with Gasteiger partial charge in [0.25, 0.3) is 0 Å². The summed E-state index contributed by atoms with van der Waals surface area (Å²) in [5, 5.41) is 15.3. The molecule has 1 aromatic rings. The molecule has 0 bridgehead atoms. The number of aromatic nitrogens is 2. The Morgan fingerprint density at radius 1 is 1.47 bits per heavy atom. The highest BCUT2D eigenvalue weighted by Crippen LogP contribution is 2.22. The summed E-state index contributed by atoms with van der Waals surface area (Å²) in [6.07, 6.45) is 0.697. The molecular formula is C12H19N3O4. The summed E-state index contributed by atoms with van der Waals surface area (Å²) >= 11 is 0. The Kier molecular flexibility index (Phi) is 4.18. The van der Waals surface area contributed by atoms with Crippen LogP contribution in [0.5, 0.6) is 0 Å². The number of nitrogens with zero attached hydrogens (tertiary/aromatic N) is 2. The zero-order valence-electron chi connectivity index (χ0n) is 11.7. The van der Waals surface area contributed by atoms with Crippen molar-refractivity contribution in [1.29, 1.82) is 0 Å². The normalized spacial score (nSPS) is 12.9. The van der Waals surface area contributed by atoms with Crippen LogP contribution in [0, 0.1) is 0 Å². The third-order valence-electron chi connectivity index (χ3n) is 2.58. The topological polar surface area (TPSA) is 95.5 Å². The van der Waals surface area contributed by atoms with Gasteiger partial charge in [0.2, 0.25) is 0 Å². The van der Waals surface area contributed by atoms with E-state index in [1.54, 1.807) is 34.7 Å². The first-order chi connectivity index (χ1) is 8.63. The first-order valence-corrected chi connectivity index (χ1v) is 5.86. The lowest BCUT2D eigenvalue weighted by Crippen LogP contribution is -2.36. The highest BCUT2D eigenvalue weighted by atomic mass is 16.6. The third-order valence-corrected chi connectivity index (χ3v) is 2.58. The first-order valence-electron chi connectivity index (χ1n) is 5.86. The number of hydrogen-bond donors (Lipinski definition) is 2. The summed E-state index contributed by atoms with van der Waals surface area (Å²) < 4.78 is 5.22. The Morgan fingerprint density at radius 3 is 2.53 bits per heavy atom. The van der Waals surface area contributed by atoms with Gasteiger partial charge in [0.15, 0.2) is 0 Å². The lowest BCUT2D eigenvalue weighted by molar-refractivity contribution is 0.0228. The smallest absolute Gasteiger partial charge is 0.410 e. The molecule has 1 aromatic heterocycles. The van der Waals surface area contributed by atoms with Gasteiger partial charge in [0.05, 0.1) is 17.9 Å². The van der Waals surface area contributed by atoms with Gasteiger partial charge in [0, 0.05) is 7.05 Å². The number of nitrogens with one attached hydrogen (secondary N) is 1. The van der Waals surface area contributed by atoms with Crippen molar-refractivity contribution >= 4 is 12.1 Å². The van der Waals surface area contributed by atoms with Crippen molar-refractivity contribution in [2.75, 3.05) is 7.05 Å². The van der Waals surface area contributed by atoms with E-state index in [2.05, 4.69) is 10.2 Å². The number of carboxylic acids is 1. The number of rotatable bonds is 3. The molecule has 0 spiro atoms. The molecule has 1 unspecified atom stereocenters. The highest BCUT2D eigenvalue weighted by molar-refractivity contribution is 5.88. The van der Waals surface area contributed by atoms with Gasteiger partial charge in [0.1, 0.15) is 11.2 Å². The fraction of sp³-hybridized carbons (Fsp3) is 0.583. The second-order valence-electron chi connectivity index (χ2n) is 5.27. The van der Waals surface area contributed by atoms with E-state index in [1.165, 1.54) is 11.1 Å². The zero-order valence-corrected chi connectivity index (χ0v) is 11.7. The van der Waals surface area contributed by atoms with E-state index in [-0.39, 0.29) is 5.56 Å². The van der Waals surface area contributed by atoms with Crippen LogP contribution in [0.15, 0.2) is 6.20 Å². The second kappa shape index (κ2) is 5.29. The van der Waals surface area contributed by atoms with E-state index in [9.17, 15) is 9.59 Å². The van der Waals surface area contributed by atoms with E-state index in [0.29, 0.717) is 5.69 Å². The highest BCUT2D eigenvalue weighted by Gasteiger charge is 2.27. The number of aromatic carboxylic acids is 1. The lowest BCUT2D eigenvalue weighted by atomic mass is 10.1. The maximum Gasteiger partial charge on any atom is 0.410 e. The molecular weight excluding hydrogens is 250 g/mol. The minimum absolute atomic E-state index is 0.0444. The minimum Gasteiger partial charge on any atom is -0.478 e. The van der Waals surface area contributed by atoms with Crippen LogP contribution in [0.25, 0.3) is 0 Å². The number of amides is 1. The van der Waals surface area contributed by atoms with Crippen LogP contribution in [0.4, 0.5) is 4.79 Å². The number of ether oxygens (including phenoxy) is 1. The molecule has 0 saturated heterocycles. The predicted octanol–water partition coefficient (Wildman–Crippen LogP) is 2.04. The molecule has 0 aliphatic rings. The molecule has 0 aromatic carbocycles. The molecule has 1 atom stereocenters. The van der Waals surface area contributed by atoms with Gasteiger partial charge in [-0.3, -0.25) is 5.10 Å². The van der Waals surface area contributed by atoms with Crippen LogP contribution in [-0.4, -0.2) is 44.9 Å². The van der Waals surface area contributed by atoms with E-state index in [4.69, 9.17) is 9.84 Å². The number of carbonyl (C=O) groups is 2. The summed E-state index contributed by atoms with van der Waals surface area (Å²) in [5.74, 6) is -1.09. The fourth-order valence-corrected chi connectivity index (χ4v) is 1.47. The summed E-state index contributed by atoms with van der Waals surface area (Å²) in [6, 6.07) is -0.483. The SMILES string of the molecule is CC(c1[nH]ncc1C(=O)O)N(C)C(=O)OC(C)(C)C. The number of carboxylic acid groups (broad SMARTS) is 1. The minimum atomic E-state index is -1.09. The molecule has 106 valence electrons. The summed E-state index contributed by atoms with van der Waals surface area (Å²) in [4.78, 5) is 24.2. The zero-order chi connectivity index (χ0) is 14.8. The van der Waals surface area contributed by atoms with Gasteiger partial charge in [-0.05, 0) is 27.7 Å². The summed E-state index contributed by atoms with van der Waals surface area (Å²) in [5.41, 5.74) is -0.196. The van der Waals surface area contributed by atoms with Gasteiger partial charge >= 0.3 is 12.1 Å². The fourth-order valence-electron chi connectivity index (χ4n) is 1.47. The molecule has 0 fully saturated rings. The third kappa shape index (κ3) is 3.70. The molecule has 1 rings (SSSR count). The van der Waals surface area contributed by atoms with Gasteiger partial charge in [-0.15, -0.1) is 0 Å². The van der Waals surface area contributed by atoms with E-state index in [1.807, 2.05) is 0 Å². The van der Waals surface area contributed by atoms with Gasteiger partial charge < -0.3 is 14.7 Å². The monoisotopic (exact) mass is 269 g/mol. The molecule has 1 amide bonds. The lowest BCUT2D eigenvalue weighted by Gasteiger charge is -2.28. The largest absolute Gasteiger partial charge is 0.478 e. The van der Waals surface area contributed by atoms with Crippen molar-refractivity contribution in [2.24, 2.45) is 0 Å². The van der Waals surface area contributed by atoms with Crippen molar-refractivity contribution in [1.82, 2.24) is 15.1 Å². The predicted molar refractivity (Wildman–Crippen MR) is 68.0 cm³/mol. The van der Waals surface area contributed by atoms with Crippen molar-refractivity contribution in [3.05, 3.63) is 17.5 Å². The van der Waals surface area contributed by atoms with Crippen LogP contribution in [0.1, 0.15) is 49.8 Å². The Balaban J connectivity index is 2.87. The summed E-state index contributed by atoms with van der Waals surface area (Å²) in [7, 11) is 1.55. The number of carbonyl (C=O) groups excluding carboxylic acids is 1. The van der Waals surface area contributed by atoms with Crippen molar-refractivity contribution in [3.8, 4) is 0 Å². The molecule has 0 aliphatic heterocycles. The van der Waals surface area contributed by atoms with Crippen LogP contribution in [0.3, 0.4) is 0 Å². The number of hydrogen-bond acceptors (Lipinski definition) is 4. The van der Waals surface area contributed by atoms with Gasteiger partial charge in [-0.25, -0.2) is 9.59 Å². The Labute approximate surface area is 111 Å². The maximum atomic E-state index is 11.9. The molecule has 7 nitrogen and oxygen atoms in total. The van der Waals surface area contributed by atoms with Crippen molar-refractivity contribution in [2.45, 2.75) is 39.3 Å². The van der Waals surface area contributed by atoms with E-state index in [0.717, 1.165) is 0 Å². The molecule has 7 heteroatoms. The van der Waals surface area contributed by atoms with Crippen LogP contribution < -0.4 is 0 Å².